The van der Waals surface area contributed by atoms with Crippen molar-refractivity contribution >= 4 is 22.5 Å². The molecule has 2 aromatic carbocycles. The summed E-state index contributed by atoms with van der Waals surface area (Å²) < 4.78 is 1.73. The maximum Gasteiger partial charge on any atom is 0.252 e. The highest BCUT2D eigenvalue weighted by Crippen LogP contribution is 2.30. The van der Waals surface area contributed by atoms with Crippen LogP contribution in [0, 0.1) is 6.92 Å². The van der Waals surface area contributed by atoms with Crippen molar-refractivity contribution in [3.8, 4) is 11.3 Å². The molecule has 3 aromatic heterocycles. The van der Waals surface area contributed by atoms with Gasteiger partial charge >= 0.3 is 0 Å². The molecule has 0 spiro atoms. The summed E-state index contributed by atoms with van der Waals surface area (Å²) in [6.45, 7) is 3.94. The lowest BCUT2D eigenvalue weighted by Gasteiger charge is -2.18. The van der Waals surface area contributed by atoms with Crippen LogP contribution in [0.4, 0.5) is 0 Å². The fourth-order valence-corrected chi connectivity index (χ4v) is 3.89. The van der Waals surface area contributed by atoms with Crippen molar-refractivity contribution in [2.45, 2.75) is 19.9 Å². The van der Waals surface area contributed by atoms with Gasteiger partial charge in [-0.3, -0.25) is 4.79 Å². The van der Waals surface area contributed by atoms with E-state index in [2.05, 4.69) is 15.4 Å². The molecule has 0 aliphatic rings. The molecule has 0 aliphatic carbocycles. The fraction of sp³-hybridized carbons (Fsp3) is 0.120. The number of carbonyl (C=O) groups is 1. The topological polar surface area (TPSA) is 72.2 Å². The van der Waals surface area contributed by atoms with Gasteiger partial charge in [0.05, 0.1) is 29.0 Å². The number of hydrogen-bond donors (Lipinski definition) is 1. The van der Waals surface area contributed by atoms with E-state index in [4.69, 9.17) is 4.98 Å². The highest BCUT2D eigenvalue weighted by Gasteiger charge is 2.18. The first-order chi connectivity index (χ1) is 15.1. The smallest absolute Gasteiger partial charge is 0.252 e. The minimum Gasteiger partial charge on any atom is -0.345 e. The first-order valence-electron chi connectivity index (χ1n) is 10.2. The Balaban J connectivity index is 1.59. The molecule has 1 unspecified atom stereocenters. The van der Waals surface area contributed by atoms with Crippen molar-refractivity contribution in [3.63, 3.8) is 0 Å². The van der Waals surface area contributed by atoms with E-state index in [1.54, 1.807) is 16.9 Å². The summed E-state index contributed by atoms with van der Waals surface area (Å²) in [5.74, 6) is -0.0920. The molecule has 0 aliphatic heterocycles. The van der Waals surface area contributed by atoms with Crippen molar-refractivity contribution < 1.29 is 4.79 Å². The third kappa shape index (κ3) is 3.42. The van der Waals surface area contributed by atoms with E-state index < -0.39 is 0 Å². The van der Waals surface area contributed by atoms with Gasteiger partial charge in [-0.15, -0.1) is 0 Å². The molecule has 1 amide bonds. The predicted molar refractivity (Wildman–Crippen MR) is 121 cm³/mol. The average Bonchev–Trinajstić information content (AvgIpc) is 3.22. The quantitative estimate of drug-likeness (QED) is 0.467. The normalized spacial score (nSPS) is 12.2. The number of carbonyl (C=O) groups excluding carboxylic acids is 1. The number of benzene rings is 2. The number of nitrogens with zero attached hydrogens (tertiary/aromatic N) is 4. The van der Waals surface area contributed by atoms with Gasteiger partial charge < -0.3 is 5.32 Å². The van der Waals surface area contributed by atoms with Gasteiger partial charge in [0.2, 0.25) is 0 Å². The van der Waals surface area contributed by atoms with Crippen LogP contribution in [-0.2, 0) is 0 Å². The zero-order valence-corrected chi connectivity index (χ0v) is 17.3. The lowest BCUT2D eigenvalue weighted by molar-refractivity contribution is 0.0939. The Hall–Kier alpha value is -4.06. The molecule has 5 aromatic rings. The Morgan fingerprint density at radius 1 is 1.06 bits per heavy atom. The largest absolute Gasteiger partial charge is 0.345 e. The van der Waals surface area contributed by atoms with Gasteiger partial charge in [0, 0.05) is 23.3 Å². The van der Waals surface area contributed by atoms with E-state index in [-0.39, 0.29) is 11.9 Å². The van der Waals surface area contributed by atoms with Crippen LogP contribution in [-0.4, -0.2) is 25.5 Å². The molecule has 6 nitrogen and oxygen atoms in total. The molecular weight excluding hydrogens is 386 g/mol. The number of aromatic nitrogens is 4. The second-order valence-electron chi connectivity index (χ2n) is 7.57. The lowest BCUT2D eigenvalue weighted by atomic mass is 9.99. The Labute approximate surface area is 179 Å². The monoisotopic (exact) mass is 407 g/mol. The first-order valence-corrected chi connectivity index (χ1v) is 10.2. The van der Waals surface area contributed by atoms with Crippen molar-refractivity contribution in [3.05, 3.63) is 95.9 Å². The molecule has 3 heterocycles. The van der Waals surface area contributed by atoms with Crippen molar-refractivity contribution in [1.82, 2.24) is 24.9 Å². The molecule has 0 saturated heterocycles. The SMILES string of the molecule is Cc1ccccc1C(=O)NC(C)c1cc(-c2cnn3cccnc23)nc2ccccc12. The zero-order chi connectivity index (χ0) is 21.4. The molecule has 1 atom stereocenters. The van der Waals surface area contributed by atoms with Crippen LogP contribution in [0.3, 0.4) is 0 Å². The van der Waals surface area contributed by atoms with E-state index in [0.29, 0.717) is 5.56 Å². The molecule has 6 heteroatoms. The summed E-state index contributed by atoms with van der Waals surface area (Å²) in [4.78, 5) is 22.2. The third-order valence-electron chi connectivity index (χ3n) is 5.51. The molecule has 152 valence electrons. The maximum absolute atomic E-state index is 12.9. The lowest BCUT2D eigenvalue weighted by Crippen LogP contribution is -2.27. The summed E-state index contributed by atoms with van der Waals surface area (Å²) in [5.41, 5.74) is 5.86. The average molecular weight is 407 g/mol. The number of aryl methyl sites for hydroxylation is 1. The summed E-state index contributed by atoms with van der Waals surface area (Å²) in [5, 5.41) is 8.55. The van der Waals surface area contributed by atoms with Crippen LogP contribution in [0.1, 0.15) is 34.5 Å². The van der Waals surface area contributed by atoms with E-state index in [1.807, 2.05) is 80.7 Å². The van der Waals surface area contributed by atoms with E-state index >= 15 is 0 Å². The first kappa shape index (κ1) is 18.9. The van der Waals surface area contributed by atoms with Crippen LogP contribution in [0.2, 0.25) is 0 Å². The Morgan fingerprint density at radius 2 is 1.87 bits per heavy atom. The predicted octanol–water partition coefficient (Wildman–Crippen LogP) is 4.74. The Kier molecular flexibility index (Phi) is 4.67. The van der Waals surface area contributed by atoms with Gasteiger partial charge in [0.1, 0.15) is 0 Å². The number of amides is 1. The molecule has 0 saturated carbocycles. The molecule has 0 fully saturated rings. The van der Waals surface area contributed by atoms with Gasteiger partial charge in [-0.2, -0.15) is 5.10 Å². The van der Waals surface area contributed by atoms with E-state index in [0.717, 1.165) is 38.9 Å². The third-order valence-corrected chi connectivity index (χ3v) is 5.51. The van der Waals surface area contributed by atoms with Crippen LogP contribution in [0.15, 0.2) is 79.3 Å². The van der Waals surface area contributed by atoms with Crippen LogP contribution >= 0.6 is 0 Å². The number of pyridine rings is 1. The molecule has 0 radical (unpaired) electrons. The van der Waals surface area contributed by atoms with E-state index in [9.17, 15) is 4.79 Å². The van der Waals surface area contributed by atoms with Crippen LogP contribution in [0.25, 0.3) is 27.8 Å². The molecular formula is C25H21N5O. The Morgan fingerprint density at radius 3 is 2.74 bits per heavy atom. The van der Waals surface area contributed by atoms with E-state index in [1.165, 1.54) is 0 Å². The minimum atomic E-state index is -0.214. The van der Waals surface area contributed by atoms with Gasteiger partial charge in [-0.25, -0.2) is 14.5 Å². The highest BCUT2D eigenvalue weighted by molar-refractivity contribution is 5.96. The van der Waals surface area contributed by atoms with Crippen LogP contribution < -0.4 is 5.32 Å². The molecule has 1 N–H and O–H groups in total. The summed E-state index contributed by atoms with van der Waals surface area (Å²) in [7, 11) is 0. The summed E-state index contributed by atoms with van der Waals surface area (Å²) in [6, 6.07) is 19.2. The van der Waals surface area contributed by atoms with Gasteiger partial charge in [-0.05, 0) is 49.2 Å². The highest BCUT2D eigenvalue weighted by atomic mass is 16.1. The standard InChI is InChI=1S/C25H21N5O/c1-16-8-3-4-9-18(16)25(31)28-17(2)20-14-23(29-22-11-6-5-10-19(20)22)21-15-27-30-13-7-12-26-24(21)30/h3-15,17H,1-2H3,(H,28,31). The zero-order valence-electron chi connectivity index (χ0n) is 17.3. The number of fused-ring (bicyclic) bond motifs is 2. The van der Waals surface area contributed by atoms with Crippen molar-refractivity contribution in [2.75, 3.05) is 0 Å². The summed E-state index contributed by atoms with van der Waals surface area (Å²) >= 11 is 0. The molecule has 0 bridgehead atoms. The number of para-hydroxylation sites is 1. The molecule has 5 rings (SSSR count). The minimum absolute atomic E-state index is 0.0920. The second-order valence-corrected chi connectivity index (χ2v) is 7.57. The Bertz CT molecular complexity index is 1420. The molecule has 31 heavy (non-hydrogen) atoms. The number of rotatable bonds is 4. The van der Waals surface area contributed by atoms with Crippen molar-refractivity contribution in [1.29, 1.82) is 0 Å². The summed E-state index contributed by atoms with van der Waals surface area (Å²) in [6.07, 6.45) is 5.38. The van der Waals surface area contributed by atoms with Gasteiger partial charge in [0.25, 0.3) is 5.91 Å². The number of hydrogen-bond acceptors (Lipinski definition) is 4. The van der Waals surface area contributed by atoms with Gasteiger partial charge in [0.15, 0.2) is 5.65 Å². The maximum atomic E-state index is 12.9. The fourth-order valence-electron chi connectivity index (χ4n) is 3.89. The number of nitrogens with one attached hydrogen (secondary N) is 1. The van der Waals surface area contributed by atoms with Gasteiger partial charge in [-0.1, -0.05) is 36.4 Å². The van der Waals surface area contributed by atoms with Crippen LogP contribution in [0.5, 0.6) is 0 Å². The van der Waals surface area contributed by atoms with Crippen molar-refractivity contribution in [2.24, 2.45) is 0 Å². The second kappa shape index (κ2) is 7.65.